The van der Waals surface area contributed by atoms with Crippen molar-refractivity contribution >= 4 is 29.8 Å². The van der Waals surface area contributed by atoms with Gasteiger partial charge in [0.15, 0.2) is 5.78 Å². The summed E-state index contributed by atoms with van der Waals surface area (Å²) in [6, 6.07) is 22.0. The smallest absolute Gasteiger partial charge is 0.255 e. The topological polar surface area (TPSA) is 49.4 Å². The molecule has 1 saturated heterocycles. The van der Waals surface area contributed by atoms with Crippen molar-refractivity contribution in [3.63, 3.8) is 0 Å². The lowest BCUT2D eigenvalue weighted by atomic mass is 9.96. The fourth-order valence-electron chi connectivity index (χ4n) is 4.93. The number of hydrogen-bond acceptors (Lipinski definition) is 3. The van der Waals surface area contributed by atoms with E-state index in [0.29, 0.717) is 18.4 Å². The number of anilines is 1. The first-order valence-electron chi connectivity index (χ1n) is 11.6. The highest BCUT2D eigenvalue weighted by molar-refractivity contribution is 6.08. The van der Waals surface area contributed by atoms with Crippen LogP contribution >= 0.6 is 12.4 Å². The van der Waals surface area contributed by atoms with Gasteiger partial charge < -0.3 is 5.32 Å². The molecule has 0 saturated carbocycles. The van der Waals surface area contributed by atoms with Gasteiger partial charge >= 0.3 is 0 Å². The van der Waals surface area contributed by atoms with Crippen molar-refractivity contribution < 1.29 is 9.59 Å². The molecule has 4 nitrogen and oxygen atoms in total. The summed E-state index contributed by atoms with van der Waals surface area (Å²) < 4.78 is 0. The number of nitrogens with one attached hydrogen (secondary N) is 1. The van der Waals surface area contributed by atoms with Gasteiger partial charge in [-0.2, -0.15) is 0 Å². The number of hydrogen-bond donors (Lipinski definition) is 1. The molecule has 0 atom stereocenters. The summed E-state index contributed by atoms with van der Waals surface area (Å²) in [4.78, 5) is 27.7. The molecule has 5 heteroatoms. The molecule has 0 bridgehead atoms. The van der Waals surface area contributed by atoms with Crippen molar-refractivity contribution in [3.8, 4) is 11.1 Å². The number of ketones is 1. The summed E-state index contributed by atoms with van der Waals surface area (Å²) in [6.45, 7) is 3.06. The standard InChI is InChI=1S/C28H28N2O2.ClH/c31-27-15-14-24-25(27)10-7-11-26(24)29-28(32)21-12-13-23(20-8-3-1-4-9-20)22(18-21)19-30-16-5-2-6-17-30;/h1,3-4,7-13,18H,2,5-6,14-17,19H2,(H,29,32);1H. The van der Waals surface area contributed by atoms with Gasteiger partial charge in [-0.25, -0.2) is 0 Å². The van der Waals surface area contributed by atoms with Crippen molar-refractivity contribution in [3.05, 3.63) is 89.0 Å². The summed E-state index contributed by atoms with van der Waals surface area (Å²) in [5.74, 6) is 0.0318. The van der Waals surface area contributed by atoms with Crippen molar-refractivity contribution in [2.75, 3.05) is 18.4 Å². The van der Waals surface area contributed by atoms with Gasteiger partial charge in [-0.15, -0.1) is 12.4 Å². The molecule has 0 aromatic heterocycles. The number of nitrogens with zero attached hydrogens (tertiary/aromatic N) is 1. The van der Waals surface area contributed by atoms with Crippen LogP contribution in [0.4, 0.5) is 5.69 Å². The molecule has 1 aliphatic heterocycles. The molecule has 1 N–H and O–H groups in total. The highest BCUT2D eigenvalue weighted by Gasteiger charge is 2.23. The molecule has 1 amide bonds. The molecule has 1 aliphatic carbocycles. The van der Waals surface area contributed by atoms with Gasteiger partial charge in [-0.3, -0.25) is 14.5 Å². The van der Waals surface area contributed by atoms with Gasteiger partial charge in [-0.1, -0.05) is 55.0 Å². The minimum absolute atomic E-state index is 0. The third-order valence-electron chi connectivity index (χ3n) is 6.62. The molecular weight excluding hydrogens is 432 g/mol. The van der Waals surface area contributed by atoms with Gasteiger partial charge in [0.25, 0.3) is 5.91 Å². The first-order valence-corrected chi connectivity index (χ1v) is 11.6. The van der Waals surface area contributed by atoms with Gasteiger partial charge in [0, 0.05) is 29.8 Å². The summed E-state index contributed by atoms with van der Waals surface area (Å²) in [6.07, 6.45) is 4.98. The zero-order chi connectivity index (χ0) is 21.9. The zero-order valence-corrected chi connectivity index (χ0v) is 19.5. The fraction of sp³-hybridized carbons (Fsp3) is 0.286. The number of likely N-dealkylation sites (tertiary alicyclic amines) is 1. The SMILES string of the molecule is Cl.O=C(Nc1cccc2c1CCC2=O)c1ccc(-c2ccccc2)c(CN2CCCCC2)c1. The zero-order valence-electron chi connectivity index (χ0n) is 18.7. The largest absolute Gasteiger partial charge is 0.322 e. The van der Waals surface area contributed by atoms with Crippen molar-refractivity contribution in [1.82, 2.24) is 4.90 Å². The second kappa shape index (κ2) is 10.3. The molecular formula is C28H29ClN2O2. The van der Waals surface area contributed by atoms with Crippen LogP contribution in [0.1, 0.15) is 57.5 Å². The Morgan fingerprint density at radius 2 is 1.64 bits per heavy atom. The second-order valence-electron chi connectivity index (χ2n) is 8.78. The monoisotopic (exact) mass is 460 g/mol. The third kappa shape index (κ3) is 5.02. The van der Waals surface area contributed by atoms with Crippen LogP contribution in [0.2, 0.25) is 0 Å². The Morgan fingerprint density at radius 1 is 0.848 bits per heavy atom. The van der Waals surface area contributed by atoms with E-state index in [1.54, 1.807) is 0 Å². The molecule has 33 heavy (non-hydrogen) atoms. The number of amides is 1. The maximum absolute atomic E-state index is 13.2. The van der Waals surface area contributed by atoms with Gasteiger partial charge in [0.05, 0.1) is 0 Å². The molecule has 1 fully saturated rings. The molecule has 170 valence electrons. The van der Waals surface area contributed by atoms with Crippen LogP contribution in [0.15, 0.2) is 66.7 Å². The number of rotatable bonds is 5. The van der Waals surface area contributed by atoms with Gasteiger partial charge in [-0.05, 0) is 72.8 Å². The quantitative estimate of drug-likeness (QED) is 0.497. The van der Waals surface area contributed by atoms with E-state index in [1.807, 2.05) is 36.4 Å². The molecule has 5 rings (SSSR count). The van der Waals surface area contributed by atoms with Crippen molar-refractivity contribution in [1.29, 1.82) is 0 Å². The van der Waals surface area contributed by atoms with E-state index in [-0.39, 0.29) is 24.1 Å². The predicted octanol–water partition coefficient (Wildman–Crippen LogP) is 6.14. The molecule has 0 unspecified atom stereocenters. The number of halogens is 1. The molecule has 0 spiro atoms. The number of Topliss-reactive ketones (excluding diaryl/α,β-unsaturated/α-hetero) is 1. The average Bonchev–Trinajstić information content (AvgIpc) is 3.22. The Bertz CT molecular complexity index is 1150. The van der Waals surface area contributed by atoms with Crippen LogP contribution in [0.3, 0.4) is 0 Å². The highest BCUT2D eigenvalue weighted by Crippen LogP contribution is 2.30. The number of piperidine rings is 1. The lowest BCUT2D eigenvalue weighted by molar-refractivity contribution is 0.0992. The Morgan fingerprint density at radius 3 is 2.42 bits per heavy atom. The minimum atomic E-state index is -0.128. The van der Waals surface area contributed by atoms with E-state index in [0.717, 1.165) is 36.4 Å². The van der Waals surface area contributed by atoms with Crippen LogP contribution in [-0.4, -0.2) is 29.7 Å². The normalized spacial score (nSPS) is 15.6. The maximum Gasteiger partial charge on any atom is 0.255 e. The first-order chi connectivity index (χ1) is 15.7. The van der Waals surface area contributed by atoms with E-state index < -0.39 is 0 Å². The first kappa shape index (κ1) is 23.2. The van der Waals surface area contributed by atoms with E-state index in [2.05, 4.69) is 40.5 Å². The van der Waals surface area contributed by atoms with E-state index in [1.165, 1.54) is 36.0 Å². The lowest BCUT2D eigenvalue weighted by Gasteiger charge is -2.27. The van der Waals surface area contributed by atoms with E-state index in [4.69, 9.17) is 0 Å². The maximum atomic E-state index is 13.2. The van der Waals surface area contributed by atoms with Crippen LogP contribution in [0, 0.1) is 0 Å². The van der Waals surface area contributed by atoms with Crippen LogP contribution in [0.25, 0.3) is 11.1 Å². The lowest BCUT2D eigenvalue weighted by Crippen LogP contribution is -2.29. The minimum Gasteiger partial charge on any atom is -0.322 e. The summed E-state index contributed by atoms with van der Waals surface area (Å²) in [5, 5.41) is 3.06. The number of benzene rings is 3. The molecule has 2 aliphatic rings. The van der Waals surface area contributed by atoms with E-state index >= 15 is 0 Å². The number of fused-ring (bicyclic) bond motifs is 1. The van der Waals surface area contributed by atoms with Crippen LogP contribution < -0.4 is 5.32 Å². The Hall–Kier alpha value is -2.95. The van der Waals surface area contributed by atoms with Crippen LogP contribution in [0.5, 0.6) is 0 Å². The Labute approximate surface area is 201 Å². The molecule has 0 radical (unpaired) electrons. The number of carbonyl (C=O) groups excluding carboxylic acids is 2. The molecule has 1 heterocycles. The Balaban J connectivity index is 0.00000259. The summed E-state index contributed by atoms with van der Waals surface area (Å²) in [5.41, 5.74) is 6.64. The summed E-state index contributed by atoms with van der Waals surface area (Å²) >= 11 is 0. The fourth-order valence-corrected chi connectivity index (χ4v) is 4.93. The van der Waals surface area contributed by atoms with Crippen LogP contribution in [-0.2, 0) is 13.0 Å². The number of carbonyl (C=O) groups is 2. The average molecular weight is 461 g/mol. The summed E-state index contributed by atoms with van der Waals surface area (Å²) in [7, 11) is 0. The highest BCUT2D eigenvalue weighted by atomic mass is 35.5. The van der Waals surface area contributed by atoms with Crippen molar-refractivity contribution in [2.45, 2.75) is 38.6 Å². The molecule has 3 aromatic rings. The second-order valence-corrected chi connectivity index (χ2v) is 8.78. The molecule has 3 aromatic carbocycles. The van der Waals surface area contributed by atoms with Gasteiger partial charge in [0.2, 0.25) is 0 Å². The third-order valence-corrected chi connectivity index (χ3v) is 6.62. The Kier molecular flexibility index (Phi) is 7.26. The van der Waals surface area contributed by atoms with Gasteiger partial charge in [0.1, 0.15) is 0 Å². The van der Waals surface area contributed by atoms with Crippen molar-refractivity contribution in [2.24, 2.45) is 0 Å². The van der Waals surface area contributed by atoms with E-state index in [9.17, 15) is 9.59 Å². The predicted molar refractivity (Wildman–Crippen MR) is 135 cm³/mol.